The molecule has 0 spiro atoms. The smallest absolute Gasteiger partial charge is 0.331 e. The Morgan fingerprint density at radius 1 is 1.19 bits per heavy atom. The highest BCUT2D eigenvalue weighted by Crippen LogP contribution is 2.46. The minimum atomic E-state index is -3.06. The van der Waals surface area contributed by atoms with E-state index in [0.29, 0.717) is 5.56 Å². The number of aromatic nitrogens is 1. The monoisotopic (exact) mass is 593 g/mol. The third kappa shape index (κ3) is 6.65. The third-order valence-corrected chi connectivity index (χ3v) is 6.35. The van der Waals surface area contributed by atoms with Crippen LogP contribution in [0, 0.1) is 5.82 Å². The number of methoxy groups -OCH3 is 1. The van der Waals surface area contributed by atoms with Gasteiger partial charge in [-0.25, -0.2) is 23.1 Å². The standard InChI is InChI=1S/C27H23F5N4O4.CH5N/c1-39-20-9-15(8-16(21(20)33)11-35-26(31)32)24(38)34-7-6-18-10-19-23(40-13-27(19,12-37)25(29)30)22(36-18)14-2-4-17(28)5-3-14;1-2/h2-5,8-12,25-26H,6-7,13,33H2,1H3,(H,34,38);2H2,1H3/b35-11+;. The van der Waals surface area contributed by atoms with Crippen molar-refractivity contribution >= 4 is 24.1 Å². The van der Waals surface area contributed by atoms with Gasteiger partial charge in [0.1, 0.15) is 41.3 Å². The largest absolute Gasteiger partial charge is 0.495 e. The van der Waals surface area contributed by atoms with Crippen LogP contribution in [0.25, 0.3) is 11.3 Å². The molecule has 2 heterocycles. The summed E-state index contributed by atoms with van der Waals surface area (Å²) in [4.78, 5) is 32.1. The van der Waals surface area contributed by atoms with Gasteiger partial charge in [0.15, 0.2) is 0 Å². The lowest BCUT2D eigenvalue weighted by Gasteiger charge is -2.20. The van der Waals surface area contributed by atoms with Crippen LogP contribution in [0.15, 0.2) is 47.5 Å². The third-order valence-electron chi connectivity index (χ3n) is 6.35. The summed E-state index contributed by atoms with van der Waals surface area (Å²) in [5.41, 5.74) is 9.01. The topological polar surface area (TPSA) is 142 Å². The first kappa shape index (κ1) is 31.9. The summed E-state index contributed by atoms with van der Waals surface area (Å²) in [7, 11) is 2.79. The summed E-state index contributed by atoms with van der Waals surface area (Å²) in [6.07, 6.45) is -2.04. The number of hydrogen-bond donors (Lipinski definition) is 3. The average Bonchev–Trinajstić information content (AvgIpc) is 3.37. The van der Waals surface area contributed by atoms with Crippen molar-refractivity contribution in [3.63, 3.8) is 0 Å². The first-order valence-corrected chi connectivity index (χ1v) is 12.4. The van der Waals surface area contributed by atoms with Crippen LogP contribution in [0.4, 0.5) is 27.6 Å². The van der Waals surface area contributed by atoms with Crippen molar-refractivity contribution in [3.05, 3.63) is 70.7 Å². The van der Waals surface area contributed by atoms with Gasteiger partial charge in [0.25, 0.3) is 12.3 Å². The van der Waals surface area contributed by atoms with E-state index in [1.54, 1.807) is 0 Å². The number of nitrogens with zero attached hydrogens (tertiary/aromatic N) is 2. The molecule has 1 atom stereocenters. The van der Waals surface area contributed by atoms with E-state index in [9.17, 15) is 31.5 Å². The van der Waals surface area contributed by atoms with Gasteiger partial charge in [0, 0.05) is 47.1 Å². The van der Waals surface area contributed by atoms with Gasteiger partial charge >= 0.3 is 6.55 Å². The summed E-state index contributed by atoms with van der Waals surface area (Å²) >= 11 is 0. The maximum Gasteiger partial charge on any atom is 0.331 e. The van der Waals surface area contributed by atoms with Crippen LogP contribution in [-0.2, 0) is 16.6 Å². The van der Waals surface area contributed by atoms with E-state index in [2.05, 4.69) is 21.0 Å². The number of ether oxygens (including phenoxy) is 2. The molecule has 14 heteroatoms. The molecule has 1 aromatic heterocycles. The lowest BCUT2D eigenvalue weighted by atomic mass is 9.83. The predicted octanol–water partition coefficient (Wildman–Crippen LogP) is 3.76. The summed E-state index contributed by atoms with van der Waals surface area (Å²) < 4.78 is 77.3. The van der Waals surface area contributed by atoms with E-state index in [1.165, 1.54) is 56.6 Å². The van der Waals surface area contributed by atoms with Gasteiger partial charge in [-0.05, 0) is 49.5 Å². The Morgan fingerprint density at radius 2 is 1.88 bits per heavy atom. The summed E-state index contributed by atoms with van der Waals surface area (Å²) in [5, 5.41) is 2.64. The van der Waals surface area contributed by atoms with Crippen molar-refractivity contribution in [2.45, 2.75) is 24.8 Å². The number of benzene rings is 2. The second kappa shape index (κ2) is 13.9. The van der Waals surface area contributed by atoms with Gasteiger partial charge in [-0.3, -0.25) is 4.79 Å². The number of carbonyl (C=O) groups is 2. The SMILES string of the molecule is CN.COc1cc(C(=O)NCCc2cc3c(c(-c4ccc(F)cc4)n2)OCC3(C=O)C(F)F)cc(/C=N/C(F)F)c1N. The lowest BCUT2D eigenvalue weighted by molar-refractivity contribution is -0.118. The van der Waals surface area contributed by atoms with Crippen LogP contribution in [-0.4, -0.2) is 63.7 Å². The number of hydrogen-bond acceptors (Lipinski definition) is 8. The second-order valence-electron chi connectivity index (χ2n) is 8.84. The first-order valence-electron chi connectivity index (χ1n) is 12.4. The number of fused-ring (bicyclic) bond motifs is 1. The zero-order chi connectivity index (χ0) is 31.0. The zero-order valence-electron chi connectivity index (χ0n) is 22.5. The van der Waals surface area contributed by atoms with Gasteiger partial charge < -0.3 is 31.1 Å². The molecule has 42 heavy (non-hydrogen) atoms. The molecule has 0 bridgehead atoms. The van der Waals surface area contributed by atoms with Crippen molar-refractivity contribution in [2.75, 3.05) is 33.0 Å². The number of rotatable bonds is 10. The number of alkyl halides is 4. The Hall–Kier alpha value is -4.59. The summed E-state index contributed by atoms with van der Waals surface area (Å²) in [6.45, 7) is -3.59. The minimum absolute atomic E-state index is 0.00115. The second-order valence-corrected chi connectivity index (χ2v) is 8.84. The Bertz CT molecular complexity index is 1450. The molecule has 0 fully saturated rings. The lowest BCUT2D eigenvalue weighted by Crippen LogP contribution is -2.38. The Labute approximate surface area is 237 Å². The van der Waals surface area contributed by atoms with Crippen LogP contribution < -0.4 is 26.3 Å². The number of carbonyl (C=O) groups excluding carboxylic acids is 2. The van der Waals surface area contributed by atoms with Crippen LogP contribution in [0.2, 0.25) is 0 Å². The molecule has 224 valence electrons. The highest BCUT2D eigenvalue weighted by molar-refractivity contribution is 5.99. The van der Waals surface area contributed by atoms with Crippen molar-refractivity contribution in [1.82, 2.24) is 10.3 Å². The fraction of sp³-hybridized carbons (Fsp3) is 0.286. The Morgan fingerprint density at radius 3 is 2.48 bits per heavy atom. The molecular weight excluding hydrogens is 565 g/mol. The molecule has 1 aliphatic heterocycles. The number of aldehydes is 1. The van der Waals surface area contributed by atoms with Gasteiger partial charge in [-0.1, -0.05) is 0 Å². The van der Waals surface area contributed by atoms with Crippen molar-refractivity contribution in [3.8, 4) is 22.8 Å². The molecule has 2 aromatic carbocycles. The number of halogens is 5. The van der Waals surface area contributed by atoms with E-state index >= 15 is 0 Å². The quantitative estimate of drug-likeness (QED) is 0.107. The normalized spacial score (nSPS) is 15.7. The van der Waals surface area contributed by atoms with Crippen molar-refractivity contribution in [1.29, 1.82) is 0 Å². The fourth-order valence-electron chi connectivity index (χ4n) is 4.21. The fourth-order valence-corrected chi connectivity index (χ4v) is 4.21. The minimum Gasteiger partial charge on any atom is -0.495 e. The van der Waals surface area contributed by atoms with E-state index in [0.717, 1.165) is 6.21 Å². The van der Waals surface area contributed by atoms with Crippen molar-refractivity contribution < 1.29 is 41.0 Å². The molecule has 5 N–H and O–H groups in total. The zero-order valence-corrected chi connectivity index (χ0v) is 22.5. The number of nitrogens with one attached hydrogen (secondary N) is 1. The van der Waals surface area contributed by atoms with E-state index in [4.69, 9.17) is 15.2 Å². The Kier molecular flexibility index (Phi) is 10.5. The molecule has 0 saturated carbocycles. The summed E-state index contributed by atoms with van der Waals surface area (Å²) in [5.74, 6) is -1.05. The average molecular weight is 594 g/mol. The predicted molar refractivity (Wildman–Crippen MR) is 146 cm³/mol. The number of nitrogens with two attached hydrogens (primary N) is 2. The molecule has 3 aromatic rings. The molecule has 0 aliphatic carbocycles. The molecule has 1 amide bonds. The van der Waals surface area contributed by atoms with Crippen LogP contribution >= 0.6 is 0 Å². The number of amides is 1. The van der Waals surface area contributed by atoms with Gasteiger partial charge in [-0.2, -0.15) is 8.78 Å². The summed E-state index contributed by atoms with van der Waals surface area (Å²) in [6, 6.07) is 9.06. The number of pyridine rings is 1. The van der Waals surface area contributed by atoms with Gasteiger partial charge in [0.2, 0.25) is 0 Å². The van der Waals surface area contributed by atoms with Crippen LogP contribution in [0.1, 0.15) is 27.2 Å². The van der Waals surface area contributed by atoms with E-state index in [-0.39, 0.29) is 64.5 Å². The molecular formula is C28H28F5N5O4. The van der Waals surface area contributed by atoms with E-state index < -0.39 is 36.7 Å². The van der Waals surface area contributed by atoms with E-state index in [1.807, 2.05) is 0 Å². The molecule has 9 nitrogen and oxygen atoms in total. The Balaban J connectivity index is 0.00000237. The van der Waals surface area contributed by atoms with Crippen LogP contribution in [0.3, 0.4) is 0 Å². The van der Waals surface area contributed by atoms with Gasteiger partial charge in [0.05, 0.1) is 12.8 Å². The van der Waals surface area contributed by atoms with Crippen LogP contribution in [0.5, 0.6) is 11.5 Å². The molecule has 0 radical (unpaired) electrons. The maximum absolute atomic E-state index is 14.1. The van der Waals surface area contributed by atoms with Gasteiger partial charge in [-0.15, -0.1) is 0 Å². The number of anilines is 1. The van der Waals surface area contributed by atoms with Crippen molar-refractivity contribution in [2.24, 2.45) is 10.7 Å². The highest BCUT2D eigenvalue weighted by Gasteiger charge is 2.50. The first-order chi connectivity index (χ1) is 20.1. The number of aliphatic imine (C=N–C) groups is 1. The number of nitrogen functional groups attached to an aromatic ring is 1. The molecule has 1 aliphatic rings. The molecule has 0 saturated heterocycles. The molecule has 1 unspecified atom stereocenters. The highest BCUT2D eigenvalue weighted by atomic mass is 19.3. The maximum atomic E-state index is 14.1. The molecule has 4 rings (SSSR count).